The van der Waals surface area contributed by atoms with Gasteiger partial charge in [-0.05, 0) is 5.92 Å². The van der Waals surface area contributed by atoms with E-state index in [4.69, 9.17) is 5.73 Å². The van der Waals surface area contributed by atoms with Gasteiger partial charge in [-0.2, -0.15) is 13.2 Å². The molecule has 2 N–H and O–H groups in total. The lowest BCUT2D eigenvalue weighted by Crippen LogP contribution is -2.34. The molecule has 0 aliphatic carbocycles. The van der Waals surface area contributed by atoms with Gasteiger partial charge in [-0.3, -0.25) is 0 Å². The van der Waals surface area contributed by atoms with Crippen molar-refractivity contribution in [2.75, 3.05) is 0 Å². The van der Waals surface area contributed by atoms with Crippen molar-refractivity contribution < 1.29 is 13.2 Å². The maximum absolute atomic E-state index is 11.9. The lowest BCUT2D eigenvalue weighted by atomic mass is 9.92. The summed E-state index contributed by atoms with van der Waals surface area (Å²) in [5, 5.41) is 0. The molecule has 12 heavy (non-hydrogen) atoms. The lowest BCUT2D eigenvalue weighted by molar-refractivity contribution is -0.140. The van der Waals surface area contributed by atoms with Gasteiger partial charge < -0.3 is 5.73 Å². The third-order valence-corrected chi connectivity index (χ3v) is 2.12. The molecule has 0 bridgehead atoms. The van der Waals surface area contributed by atoms with Gasteiger partial charge in [0.2, 0.25) is 0 Å². The summed E-state index contributed by atoms with van der Waals surface area (Å²) in [6, 6.07) is -0.736. The van der Waals surface area contributed by atoms with Crippen LogP contribution in [0.4, 0.5) is 13.2 Å². The Morgan fingerprint density at radius 2 is 1.58 bits per heavy atom. The van der Waals surface area contributed by atoms with Crippen molar-refractivity contribution in [1.29, 1.82) is 0 Å². The minimum absolute atomic E-state index is 0.00775. The molecule has 0 aromatic carbocycles. The molecule has 0 unspecified atom stereocenters. The van der Waals surface area contributed by atoms with Crippen molar-refractivity contribution in [1.82, 2.24) is 0 Å². The Kier molecular flexibility index (Phi) is 4.60. The van der Waals surface area contributed by atoms with Crippen LogP contribution in [0.2, 0.25) is 0 Å². The average molecular weight is 183 g/mol. The Hall–Kier alpha value is -0.250. The van der Waals surface area contributed by atoms with Crippen molar-refractivity contribution in [2.24, 2.45) is 11.7 Å². The molecule has 0 fully saturated rings. The number of nitrogens with two attached hydrogens (primary N) is 1. The molecule has 0 aliphatic heterocycles. The van der Waals surface area contributed by atoms with E-state index in [0.717, 1.165) is 0 Å². The van der Waals surface area contributed by atoms with Crippen LogP contribution in [-0.4, -0.2) is 12.2 Å². The molecular weight excluding hydrogens is 167 g/mol. The number of hydrogen-bond donors (Lipinski definition) is 1. The van der Waals surface area contributed by atoms with Gasteiger partial charge in [0.25, 0.3) is 0 Å². The molecule has 0 heterocycles. The van der Waals surface area contributed by atoms with Crippen LogP contribution in [0.3, 0.4) is 0 Å². The first kappa shape index (κ1) is 11.8. The van der Waals surface area contributed by atoms with Gasteiger partial charge >= 0.3 is 6.18 Å². The minimum atomic E-state index is -4.12. The van der Waals surface area contributed by atoms with Crippen molar-refractivity contribution in [3.63, 3.8) is 0 Å². The van der Waals surface area contributed by atoms with E-state index in [9.17, 15) is 13.2 Å². The molecule has 0 spiro atoms. The summed E-state index contributed by atoms with van der Waals surface area (Å²) in [5.74, 6) is -0.00775. The molecule has 74 valence electrons. The minimum Gasteiger partial charge on any atom is -0.327 e. The molecule has 4 heteroatoms. The van der Waals surface area contributed by atoms with Crippen LogP contribution in [-0.2, 0) is 0 Å². The van der Waals surface area contributed by atoms with Gasteiger partial charge in [-0.25, -0.2) is 0 Å². The molecule has 0 amide bonds. The Morgan fingerprint density at radius 1 is 1.17 bits per heavy atom. The smallest absolute Gasteiger partial charge is 0.327 e. The summed E-state index contributed by atoms with van der Waals surface area (Å²) < 4.78 is 35.6. The van der Waals surface area contributed by atoms with E-state index in [1.54, 1.807) is 0 Å². The summed E-state index contributed by atoms with van der Waals surface area (Å²) in [4.78, 5) is 0. The third-order valence-electron chi connectivity index (χ3n) is 2.12. The predicted molar refractivity (Wildman–Crippen MR) is 42.7 cm³/mol. The molecule has 0 radical (unpaired) electrons. The van der Waals surface area contributed by atoms with Crippen LogP contribution in [0.5, 0.6) is 0 Å². The van der Waals surface area contributed by atoms with Gasteiger partial charge in [0.05, 0.1) is 6.42 Å². The second-order valence-electron chi connectivity index (χ2n) is 3.06. The van der Waals surface area contributed by atoms with Crippen LogP contribution in [0.25, 0.3) is 0 Å². The summed E-state index contributed by atoms with van der Waals surface area (Å²) in [6.45, 7) is 3.73. The van der Waals surface area contributed by atoms with E-state index in [1.165, 1.54) is 0 Å². The fourth-order valence-corrected chi connectivity index (χ4v) is 1.33. The van der Waals surface area contributed by atoms with Crippen LogP contribution < -0.4 is 5.73 Å². The first-order valence-electron chi connectivity index (χ1n) is 4.23. The third kappa shape index (κ3) is 4.59. The first-order valence-corrected chi connectivity index (χ1v) is 4.23. The summed E-state index contributed by atoms with van der Waals surface area (Å²) in [6.07, 6.45) is -3.55. The monoisotopic (exact) mass is 183 g/mol. The van der Waals surface area contributed by atoms with Crippen LogP contribution in [0, 0.1) is 5.92 Å². The van der Waals surface area contributed by atoms with Crippen molar-refractivity contribution in [3.05, 3.63) is 0 Å². The normalized spacial score (nSPS) is 15.2. The van der Waals surface area contributed by atoms with Crippen LogP contribution in [0.15, 0.2) is 0 Å². The van der Waals surface area contributed by atoms with E-state index in [2.05, 4.69) is 0 Å². The Morgan fingerprint density at radius 3 is 1.83 bits per heavy atom. The molecule has 0 aliphatic rings. The number of hydrogen-bond acceptors (Lipinski definition) is 1. The van der Waals surface area contributed by atoms with Crippen LogP contribution >= 0.6 is 0 Å². The van der Waals surface area contributed by atoms with E-state index in [1.807, 2.05) is 13.8 Å². The maximum atomic E-state index is 11.9. The molecule has 0 saturated carbocycles. The highest BCUT2D eigenvalue weighted by Crippen LogP contribution is 2.25. The SMILES string of the molecule is CCC(CC)[C@H](N)CC(F)(F)F. The van der Waals surface area contributed by atoms with E-state index in [0.29, 0.717) is 12.8 Å². The molecule has 1 atom stereocenters. The quantitative estimate of drug-likeness (QED) is 0.712. The Labute approximate surface area is 71.1 Å². The predicted octanol–water partition coefficient (Wildman–Crippen LogP) is 2.70. The lowest BCUT2D eigenvalue weighted by Gasteiger charge is -2.21. The van der Waals surface area contributed by atoms with E-state index < -0.39 is 18.6 Å². The fraction of sp³-hybridized carbons (Fsp3) is 1.00. The van der Waals surface area contributed by atoms with E-state index >= 15 is 0 Å². The second-order valence-corrected chi connectivity index (χ2v) is 3.06. The zero-order valence-corrected chi connectivity index (χ0v) is 7.49. The summed E-state index contributed by atoms with van der Waals surface area (Å²) >= 11 is 0. The van der Waals surface area contributed by atoms with Gasteiger partial charge in [-0.1, -0.05) is 26.7 Å². The summed E-state index contributed by atoms with van der Waals surface area (Å²) in [7, 11) is 0. The standard InChI is InChI=1S/C8H16F3N/c1-3-6(4-2)7(12)5-8(9,10)11/h6-7H,3-5,12H2,1-2H3/t7-/m1/s1. The second kappa shape index (κ2) is 4.70. The van der Waals surface area contributed by atoms with Gasteiger partial charge in [0.1, 0.15) is 0 Å². The van der Waals surface area contributed by atoms with Crippen LogP contribution in [0.1, 0.15) is 33.1 Å². The molecule has 0 rings (SSSR count). The maximum Gasteiger partial charge on any atom is 0.390 e. The average Bonchev–Trinajstić information content (AvgIpc) is 1.85. The molecular formula is C8H16F3N. The highest BCUT2D eigenvalue weighted by molar-refractivity contribution is 4.73. The highest BCUT2D eigenvalue weighted by atomic mass is 19.4. The topological polar surface area (TPSA) is 26.0 Å². The number of halogens is 3. The molecule has 0 aromatic heterocycles. The molecule has 0 aromatic rings. The Balaban J connectivity index is 3.92. The zero-order chi connectivity index (χ0) is 9.78. The number of rotatable bonds is 4. The van der Waals surface area contributed by atoms with E-state index in [-0.39, 0.29) is 5.92 Å². The van der Waals surface area contributed by atoms with Gasteiger partial charge in [-0.15, -0.1) is 0 Å². The van der Waals surface area contributed by atoms with Crippen molar-refractivity contribution in [3.8, 4) is 0 Å². The number of alkyl halides is 3. The first-order chi connectivity index (χ1) is 5.40. The van der Waals surface area contributed by atoms with Crippen molar-refractivity contribution in [2.45, 2.75) is 45.3 Å². The molecule has 1 nitrogen and oxygen atoms in total. The summed E-state index contributed by atoms with van der Waals surface area (Å²) in [5.41, 5.74) is 5.41. The largest absolute Gasteiger partial charge is 0.390 e. The zero-order valence-electron chi connectivity index (χ0n) is 7.49. The van der Waals surface area contributed by atoms with Gasteiger partial charge in [0.15, 0.2) is 0 Å². The Bertz CT molecular complexity index is 118. The van der Waals surface area contributed by atoms with Gasteiger partial charge in [0, 0.05) is 6.04 Å². The molecule has 0 saturated heterocycles. The highest BCUT2D eigenvalue weighted by Gasteiger charge is 2.32. The fourth-order valence-electron chi connectivity index (χ4n) is 1.33. The van der Waals surface area contributed by atoms with Crippen molar-refractivity contribution >= 4 is 0 Å².